The van der Waals surface area contributed by atoms with E-state index in [9.17, 15) is 8.78 Å². The van der Waals surface area contributed by atoms with Crippen LogP contribution in [0.2, 0.25) is 0 Å². The first-order valence-corrected chi connectivity index (χ1v) is 6.13. The van der Waals surface area contributed by atoms with Crippen molar-refractivity contribution < 1.29 is 8.78 Å². The Balaban J connectivity index is 2.73. The van der Waals surface area contributed by atoms with Crippen molar-refractivity contribution in [1.29, 1.82) is 0 Å². The standard InChI is InChI=1S/C9H12BrF2NS/c1-2-3-13-8(9(11)12)6-4-14-5-7(6)10/h4-5,8-9,13H,2-3H2,1H3. The average Bonchev–Trinajstić information content (AvgIpc) is 2.52. The van der Waals surface area contributed by atoms with Crippen LogP contribution < -0.4 is 5.32 Å². The first-order chi connectivity index (χ1) is 6.66. The second-order valence-electron chi connectivity index (χ2n) is 2.94. The molecule has 0 amide bonds. The zero-order valence-corrected chi connectivity index (χ0v) is 10.2. The van der Waals surface area contributed by atoms with Crippen molar-refractivity contribution in [1.82, 2.24) is 5.32 Å². The van der Waals surface area contributed by atoms with Crippen LogP contribution in [-0.4, -0.2) is 13.0 Å². The molecule has 0 saturated heterocycles. The highest BCUT2D eigenvalue weighted by Crippen LogP contribution is 2.30. The van der Waals surface area contributed by atoms with Crippen LogP contribution in [-0.2, 0) is 0 Å². The van der Waals surface area contributed by atoms with Gasteiger partial charge in [0.05, 0.1) is 6.04 Å². The third-order valence-electron chi connectivity index (χ3n) is 1.84. The number of alkyl halides is 2. The molecule has 0 aliphatic heterocycles. The maximum absolute atomic E-state index is 12.7. The topological polar surface area (TPSA) is 12.0 Å². The fourth-order valence-electron chi connectivity index (χ4n) is 1.15. The summed E-state index contributed by atoms with van der Waals surface area (Å²) in [7, 11) is 0. The normalized spacial score (nSPS) is 13.5. The van der Waals surface area contributed by atoms with Crippen LogP contribution in [0.25, 0.3) is 0 Å². The summed E-state index contributed by atoms with van der Waals surface area (Å²) in [6, 6.07) is -0.851. The van der Waals surface area contributed by atoms with Gasteiger partial charge in [-0.3, -0.25) is 0 Å². The lowest BCUT2D eigenvalue weighted by Gasteiger charge is -2.16. The lowest BCUT2D eigenvalue weighted by atomic mass is 10.1. The van der Waals surface area contributed by atoms with Crippen molar-refractivity contribution in [2.24, 2.45) is 0 Å². The Bertz CT molecular complexity index is 278. The monoisotopic (exact) mass is 283 g/mol. The van der Waals surface area contributed by atoms with Crippen LogP contribution in [0.1, 0.15) is 24.9 Å². The van der Waals surface area contributed by atoms with Gasteiger partial charge < -0.3 is 5.32 Å². The molecule has 0 fully saturated rings. The number of hydrogen-bond donors (Lipinski definition) is 1. The maximum atomic E-state index is 12.7. The summed E-state index contributed by atoms with van der Waals surface area (Å²) >= 11 is 4.69. The molecule has 1 heterocycles. The fourth-order valence-corrected chi connectivity index (χ4v) is 2.73. The number of nitrogens with one attached hydrogen (secondary N) is 1. The van der Waals surface area contributed by atoms with Gasteiger partial charge in [-0.05, 0) is 39.8 Å². The van der Waals surface area contributed by atoms with Gasteiger partial charge in [-0.25, -0.2) is 8.78 Å². The second kappa shape index (κ2) is 5.78. The van der Waals surface area contributed by atoms with Gasteiger partial charge in [0.25, 0.3) is 6.43 Å². The van der Waals surface area contributed by atoms with Crippen molar-refractivity contribution in [3.8, 4) is 0 Å². The SMILES string of the molecule is CCCNC(c1cscc1Br)C(F)F. The summed E-state index contributed by atoms with van der Waals surface area (Å²) in [5.74, 6) is 0. The van der Waals surface area contributed by atoms with E-state index in [1.807, 2.05) is 12.3 Å². The smallest absolute Gasteiger partial charge is 0.257 e. The third-order valence-corrected chi connectivity index (χ3v) is 3.60. The molecule has 1 N–H and O–H groups in total. The van der Waals surface area contributed by atoms with Gasteiger partial charge in [-0.15, -0.1) is 0 Å². The van der Waals surface area contributed by atoms with Crippen LogP contribution in [0.4, 0.5) is 8.78 Å². The Morgan fingerprint density at radius 2 is 2.21 bits per heavy atom. The van der Waals surface area contributed by atoms with Crippen molar-refractivity contribution in [2.45, 2.75) is 25.8 Å². The Morgan fingerprint density at radius 1 is 1.50 bits per heavy atom. The largest absolute Gasteiger partial charge is 0.305 e. The molecule has 0 saturated carbocycles. The first-order valence-electron chi connectivity index (χ1n) is 4.40. The van der Waals surface area contributed by atoms with Crippen molar-refractivity contribution in [3.05, 3.63) is 20.8 Å². The molecule has 0 spiro atoms. The van der Waals surface area contributed by atoms with Crippen molar-refractivity contribution in [2.75, 3.05) is 6.54 Å². The quantitative estimate of drug-likeness (QED) is 0.866. The molecule has 1 unspecified atom stereocenters. The summed E-state index contributed by atoms with van der Waals surface area (Å²) in [5, 5.41) is 6.41. The summed E-state index contributed by atoms with van der Waals surface area (Å²) in [6.45, 7) is 2.56. The molecule has 0 bridgehead atoms. The van der Waals surface area contributed by atoms with E-state index in [2.05, 4.69) is 21.2 Å². The van der Waals surface area contributed by atoms with E-state index >= 15 is 0 Å². The van der Waals surface area contributed by atoms with Crippen LogP contribution in [0.5, 0.6) is 0 Å². The average molecular weight is 284 g/mol. The molecule has 0 aliphatic carbocycles. The summed E-state index contributed by atoms with van der Waals surface area (Å²) in [5.41, 5.74) is 0.651. The number of thiophene rings is 1. The molecular formula is C9H12BrF2NS. The van der Waals surface area contributed by atoms with Crippen molar-refractivity contribution >= 4 is 27.3 Å². The number of hydrogen-bond acceptors (Lipinski definition) is 2. The molecule has 1 nitrogen and oxygen atoms in total. The zero-order valence-electron chi connectivity index (χ0n) is 7.77. The van der Waals surface area contributed by atoms with Crippen LogP contribution in [0.15, 0.2) is 15.2 Å². The molecule has 1 atom stereocenters. The molecule has 1 rings (SSSR count). The van der Waals surface area contributed by atoms with Gasteiger partial charge in [-0.1, -0.05) is 6.92 Å². The van der Waals surface area contributed by atoms with E-state index in [-0.39, 0.29) is 0 Å². The Hall–Kier alpha value is -0.000000000000000111. The molecule has 0 radical (unpaired) electrons. The lowest BCUT2D eigenvalue weighted by Crippen LogP contribution is -2.27. The van der Waals surface area contributed by atoms with E-state index in [4.69, 9.17) is 0 Å². The van der Waals surface area contributed by atoms with E-state index in [1.54, 1.807) is 5.38 Å². The third kappa shape index (κ3) is 3.00. The second-order valence-corrected chi connectivity index (χ2v) is 4.54. The van der Waals surface area contributed by atoms with Gasteiger partial charge >= 0.3 is 0 Å². The van der Waals surface area contributed by atoms with Gasteiger partial charge in [0.1, 0.15) is 0 Å². The molecule has 14 heavy (non-hydrogen) atoms. The summed E-state index contributed by atoms with van der Waals surface area (Å²) < 4.78 is 26.1. The highest BCUT2D eigenvalue weighted by molar-refractivity contribution is 9.10. The molecule has 1 aromatic rings. The molecule has 80 valence electrons. The van der Waals surface area contributed by atoms with Crippen molar-refractivity contribution in [3.63, 3.8) is 0 Å². The number of rotatable bonds is 5. The van der Waals surface area contributed by atoms with Gasteiger partial charge in [0.2, 0.25) is 0 Å². The highest BCUT2D eigenvalue weighted by Gasteiger charge is 2.23. The Kier molecular flexibility index (Phi) is 4.98. The molecule has 5 heteroatoms. The number of halogens is 3. The van der Waals surface area contributed by atoms with Crippen LogP contribution >= 0.6 is 27.3 Å². The minimum atomic E-state index is -2.37. The lowest BCUT2D eigenvalue weighted by molar-refractivity contribution is 0.0984. The highest BCUT2D eigenvalue weighted by atomic mass is 79.9. The summed E-state index contributed by atoms with van der Waals surface area (Å²) in [6.07, 6.45) is -1.52. The van der Waals surface area contributed by atoms with Gasteiger partial charge in [0, 0.05) is 9.85 Å². The Morgan fingerprint density at radius 3 is 2.64 bits per heavy atom. The van der Waals surface area contributed by atoms with E-state index in [0.717, 1.165) is 10.9 Å². The fraction of sp³-hybridized carbons (Fsp3) is 0.556. The minimum Gasteiger partial charge on any atom is -0.305 e. The Labute approximate surface area is 94.6 Å². The molecule has 0 aliphatic rings. The van der Waals surface area contributed by atoms with Gasteiger partial charge in [-0.2, -0.15) is 11.3 Å². The van der Waals surface area contributed by atoms with Gasteiger partial charge in [0.15, 0.2) is 0 Å². The van der Waals surface area contributed by atoms with E-state index < -0.39 is 12.5 Å². The van der Waals surface area contributed by atoms with E-state index in [0.29, 0.717) is 12.1 Å². The zero-order chi connectivity index (χ0) is 10.6. The predicted molar refractivity (Wildman–Crippen MR) is 59.1 cm³/mol. The maximum Gasteiger partial charge on any atom is 0.257 e. The molecular weight excluding hydrogens is 272 g/mol. The minimum absolute atomic E-state index is 0.608. The van der Waals surface area contributed by atoms with E-state index in [1.165, 1.54) is 11.3 Å². The van der Waals surface area contributed by atoms with Crippen LogP contribution in [0.3, 0.4) is 0 Å². The molecule has 1 aromatic heterocycles. The molecule has 0 aromatic carbocycles. The predicted octanol–water partition coefficient (Wildman–Crippen LogP) is 3.82. The first kappa shape index (κ1) is 12.1. The van der Waals surface area contributed by atoms with Crippen LogP contribution in [0, 0.1) is 0 Å². The summed E-state index contributed by atoms with van der Waals surface area (Å²) in [4.78, 5) is 0.